The van der Waals surface area contributed by atoms with Gasteiger partial charge >= 0.3 is 0 Å². The largest absolute Gasteiger partial charge is 0.423 e. The third-order valence-electron chi connectivity index (χ3n) is 5.45. The van der Waals surface area contributed by atoms with Crippen molar-refractivity contribution in [1.82, 2.24) is 9.88 Å². The molecule has 0 aliphatic carbocycles. The van der Waals surface area contributed by atoms with Gasteiger partial charge in [-0.2, -0.15) is 4.98 Å². The fourth-order valence-electron chi connectivity index (χ4n) is 3.77. The van der Waals surface area contributed by atoms with E-state index >= 15 is 0 Å². The van der Waals surface area contributed by atoms with Crippen LogP contribution >= 0.6 is 0 Å². The van der Waals surface area contributed by atoms with Crippen LogP contribution in [0, 0.1) is 12.8 Å². The number of piperazine rings is 1. The van der Waals surface area contributed by atoms with Gasteiger partial charge in [-0.3, -0.25) is 4.79 Å². The number of aryl methyl sites for hydroxylation is 1. The number of carbonyl (C=O) groups excluding carboxylic acids is 1. The van der Waals surface area contributed by atoms with E-state index in [0.29, 0.717) is 45.4 Å². The Hall–Kier alpha value is -2.12. The number of fused-ring (bicyclic) bond motifs is 1. The molecule has 2 saturated heterocycles. The first-order chi connectivity index (χ1) is 12.6. The third kappa shape index (κ3) is 3.41. The van der Waals surface area contributed by atoms with Crippen LogP contribution in [0.3, 0.4) is 0 Å². The van der Waals surface area contributed by atoms with Crippen LogP contribution < -0.4 is 10.6 Å². The maximum Gasteiger partial charge on any atom is 0.298 e. The number of anilines is 1. The number of hydrogen-bond acceptors (Lipinski definition) is 6. The average Bonchev–Trinajstić information content (AvgIpc) is 3.11. The van der Waals surface area contributed by atoms with Crippen molar-refractivity contribution in [2.45, 2.75) is 25.8 Å². The Morgan fingerprint density at radius 1 is 1.23 bits per heavy atom. The number of aromatic nitrogens is 1. The summed E-state index contributed by atoms with van der Waals surface area (Å²) in [5.74, 6) is 0.291. The maximum absolute atomic E-state index is 12.7. The zero-order valence-electron chi connectivity index (χ0n) is 15.2. The minimum Gasteiger partial charge on any atom is -0.423 e. The second-order valence-electron chi connectivity index (χ2n) is 7.26. The fourth-order valence-corrected chi connectivity index (χ4v) is 3.77. The molecule has 7 heteroatoms. The van der Waals surface area contributed by atoms with E-state index < -0.39 is 6.04 Å². The van der Waals surface area contributed by atoms with Crippen molar-refractivity contribution in [3.8, 4) is 0 Å². The van der Waals surface area contributed by atoms with Gasteiger partial charge in [0.05, 0.1) is 6.04 Å². The summed E-state index contributed by atoms with van der Waals surface area (Å²) < 4.78 is 11.2. The predicted molar refractivity (Wildman–Crippen MR) is 99.1 cm³/mol. The molecule has 2 aromatic rings. The smallest absolute Gasteiger partial charge is 0.298 e. The van der Waals surface area contributed by atoms with Crippen molar-refractivity contribution in [1.29, 1.82) is 0 Å². The molecule has 0 saturated carbocycles. The van der Waals surface area contributed by atoms with Crippen molar-refractivity contribution >= 4 is 23.0 Å². The van der Waals surface area contributed by atoms with Gasteiger partial charge in [0.25, 0.3) is 6.01 Å². The normalized spacial score (nSPS) is 20.5. The van der Waals surface area contributed by atoms with Gasteiger partial charge in [0.15, 0.2) is 5.58 Å². The van der Waals surface area contributed by atoms with Crippen LogP contribution in [0.4, 0.5) is 6.01 Å². The maximum atomic E-state index is 12.7. The summed E-state index contributed by atoms with van der Waals surface area (Å²) in [5.41, 5.74) is 9.08. The first-order valence-electron chi connectivity index (χ1n) is 9.36. The SMILES string of the molecule is Cc1ccc2oc(N3CCN(C(=O)C(N)C4CCOCC4)CC3)nc2c1. The zero-order valence-corrected chi connectivity index (χ0v) is 15.2. The Kier molecular flexibility index (Phi) is 4.82. The van der Waals surface area contributed by atoms with Crippen molar-refractivity contribution in [3.05, 3.63) is 23.8 Å². The summed E-state index contributed by atoms with van der Waals surface area (Å²) in [6, 6.07) is 6.21. The van der Waals surface area contributed by atoms with E-state index in [0.717, 1.165) is 29.5 Å². The summed E-state index contributed by atoms with van der Waals surface area (Å²) in [6.07, 6.45) is 1.74. The molecule has 2 fully saturated rings. The Bertz CT molecular complexity index is 776. The van der Waals surface area contributed by atoms with Crippen LogP contribution in [0.5, 0.6) is 0 Å². The highest BCUT2D eigenvalue weighted by Crippen LogP contribution is 2.24. The summed E-state index contributed by atoms with van der Waals surface area (Å²) in [7, 11) is 0. The minimum absolute atomic E-state index is 0.0599. The number of benzene rings is 1. The molecular weight excluding hydrogens is 332 g/mol. The van der Waals surface area contributed by atoms with Crippen molar-refractivity contribution < 1.29 is 13.9 Å². The number of oxazole rings is 1. The molecule has 26 heavy (non-hydrogen) atoms. The summed E-state index contributed by atoms with van der Waals surface area (Å²) >= 11 is 0. The lowest BCUT2D eigenvalue weighted by molar-refractivity contribution is -0.135. The van der Waals surface area contributed by atoms with Crippen LogP contribution in [-0.2, 0) is 9.53 Å². The molecule has 2 N–H and O–H groups in total. The van der Waals surface area contributed by atoms with E-state index in [-0.39, 0.29) is 11.8 Å². The van der Waals surface area contributed by atoms with Gasteiger partial charge in [-0.1, -0.05) is 6.07 Å². The molecule has 7 nitrogen and oxygen atoms in total. The number of hydrogen-bond donors (Lipinski definition) is 1. The molecule has 2 aliphatic heterocycles. The number of nitrogens with two attached hydrogens (primary N) is 1. The van der Waals surface area contributed by atoms with E-state index in [1.807, 2.05) is 30.0 Å². The first kappa shape index (κ1) is 17.3. The molecule has 0 bridgehead atoms. The monoisotopic (exact) mass is 358 g/mol. The van der Waals surface area contributed by atoms with Crippen LogP contribution in [0.15, 0.2) is 22.6 Å². The summed E-state index contributed by atoms with van der Waals surface area (Å²) in [5, 5.41) is 0. The Morgan fingerprint density at radius 2 is 1.96 bits per heavy atom. The standard InChI is InChI=1S/C19H26N4O3/c1-13-2-3-16-15(12-13)21-19(26-16)23-8-6-22(7-9-23)18(24)17(20)14-4-10-25-11-5-14/h2-3,12,14,17H,4-11,20H2,1H3. The number of nitrogens with zero attached hydrogens (tertiary/aromatic N) is 3. The van der Waals surface area contributed by atoms with E-state index in [2.05, 4.69) is 9.88 Å². The minimum atomic E-state index is -0.419. The topological polar surface area (TPSA) is 84.8 Å². The van der Waals surface area contributed by atoms with Gasteiger partial charge in [-0.25, -0.2) is 0 Å². The molecule has 1 aromatic heterocycles. The van der Waals surface area contributed by atoms with Crippen LogP contribution in [-0.4, -0.2) is 61.2 Å². The lowest BCUT2D eigenvalue weighted by Gasteiger charge is -2.37. The molecule has 2 aliphatic rings. The summed E-state index contributed by atoms with van der Waals surface area (Å²) in [4.78, 5) is 21.3. The number of ether oxygens (including phenoxy) is 1. The highest BCUT2D eigenvalue weighted by molar-refractivity contribution is 5.82. The molecular formula is C19H26N4O3. The van der Waals surface area contributed by atoms with E-state index in [4.69, 9.17) is 14.9 Å². The molecule has 1 amide bonds. The Balaban J connectivity index is 1.37. The lowest BCUT2D eigenvalue weighted by atomic mass is 9.91. The van der Waals surface area contributed by atoms with Gasteiger partial charge in [-0.15, -0.1) is 0 Å². The quantitative estimate of drug-likeness (QED) is 0.896. The molecule has 3 heterocycles. The van der Waals surface area contributed by atoms with Gasteiger partial charge < -0.3 is 24.7 Å². The van der Waals surface area contributed by atoms with E-state index in [1.54, 1.807) is 0 Å². The molecule has 140 valence electrons. The molecule has 1 unspecified atom stereocenters. The zero-order chi connectivity index (χ0) is 18.1. The Morgan fingerprint density at radius 3 is 2.69 bits per heavy atom. The van der Waals surface area contributed by atoms with E-state index in [9.17, 15) is 4.79 Å². The highest BCUT2D eigenvalue weighted by atomic mass is 16.5. The van der Waals surface area contributed by atoms with Crippen LogP contribution in [0.2, 0.25) is 0 Å². The number of amides is 1. The van der Waals surface area contributed by atoms with Crippen molar-refractivity contribution in [2.24, 2.45) is 11.7 Å². The number of carbonyl (C=O) groups is 1. The highest BCUT2D eigenvalue weighted by Gasteiger charge is 2.32. The van der Waals surface area contributed by atoms with Gasteiger partial charge in [0, 0.05) is 39.4 Å². The summed E-state index contributed by atoms with van der Waals surface area (Å²) in [6.45, 7) is 6.16. The fraction of sp³-hybridized carbons (Fsp3) is 0.579. The van der Waals surface area contributed by atoms with Gasteiger partial charge in [0.2, 0.25) is 5.91 Å². The van der Waals surface area contributed by atoms with Crippen molar-refractivity contribution in [3.63, 3.8) is 0 Å². The molecule has 1 atom stereocenters. The van der Waals surface area contributed by atoms with Gasteiger partial charge in [-0.05, 0) is 43.4 Å². The van der Waals surface area contributed by atoms with Crippen molar-refractivity contribution in [2.75, 3.05) is 44.3 Å². The second kappa shape index (κ2) is 7.25. The molecule has 0 spiro atoms. The first-order valence-corrected chi connectivity index (χ1v) is 9.36. The lowest BCUT2D eigenvalue weighted by Crippen LogP contribution is -2.55. The Labute approximate surface area is 153 Å². The van der Waals surface area contributed by atoms with Gasteiger partial charge in [0.1, 0.15) is 5.52 Å². The van der Waals surface area contributed by atoms with Crippen LogP contribution in [0.1, 0.15) is 18.4 Å². The molecule has 1 aromatic carbocycles. The molecule has 4 rings (SSSR count). The molecule has 0 radical (unpaired) electrons. The average molecular weight is 358 g/mol. The van der Waals surface area contributed by atoms with Crippen LogP contribution in [0.25, 0.3) is 11.1 Å². The number of rotatable bonds is 3. The van der Waals surface area contributed by atoms with E-state index in [1.165, 1.54) is 0 Å². The third-order valence-corrected chi connectivity index (χ3v) is 5.45. The second-order valence-corrected chi connectivity index (χ2v) is 7.26. The predicted octanol–water partition coefficient (Wildman–Crippen LogP) is 1.54.